The lowest BCUT2D eigenvalue weighted by molar-refractivity contribution is -1.36. The van der Waals surface area contributed by atoms with Crippen molar-refractivity contribution in [3.05, 3.63) is 79.9 Å². The molecule has 6 heterocycles. The molecule has 6 rings (SSSR count). The highest BCUT2D eigenvalue weighted by Gasteiger charge is 2.23. The summed E-state index contributed by atoms with van der Waals surface area (Å²) in [6.07, 6.45) is 15.1. The molecular weight excluding hydrogens is 342 g/mol. The van der Waals surface area contributed by atoms with Gasteiger partial charge in [-0.25, -0.2) is 0 Å². The molecule has 27 heavy (non-hydrogen) atoms. The molecule has 128 valence electrons. The first-order valence-corrected chi connectivity index (χ1v) is 8.53. The number of aromatic nitrogens is 5. The fourth-order valence-electron chi connectivity index (χ4n) is 3.27. The molecule has 7 heteroatoms. The quantitative estimate of drug-likeness (QED) is 0.484. The van der Waals surface area contributed by atoms with Gasteiger partial charge in [-0.15, -0.1) is 4.57 Å². The standard InChI is InChI=1S/C20H13N5O2/c1-5-21-10-18-16(1)11-25(27-18)24-8-4-15-9-20(26-19(15)13-24)23-7-3-14-2-6-22-17(14)12-23/h1-13H/q+2/p+1. The first-order valence-electron chi connectivity index (χ1n) is 8.53. The largest absolute Gasteiger partial charge is 0.397 e. The summed E-state index contributed by atoms with van der Waals surface area (Å²) in [5.74, 6) is 0.748. The van der Waals surface area contributed by atoms with E-state index >= 15 is 0 Å². The number of nitrogens with zero attached hydrogens (tertiary/aromatic N) is 4. The number of hydrogen-bond acceptors (Lipinski definition) is 3. The van der Waals surface area contributed by atoms with E-state index in [2.05, 4.69) is 16.0 Å². The van der Waals surface area contributed by atoms with E-state index in [0.717, 1.165) is 38.7 Å². The third-order valence-electron chi connectivity index (χ3n) is 4.67. The highest BCUT2D eigenvalue weighted by molar-refractivity contribution is 5.78. The Balaban J connectivity index is 1.46. The Kier molecular flexibility index (Phi) is 2.76. The molecule has 0 saturated heterocycles. The highest BCUT2D eigenvalue weighted by Crippen LogP contribution is 2.18. The summed E-state index contributed by atoms with van der Waals surface area (Å²) in [6, 6.07) is 10.0. The van der Waals surface area contributed by atoms with Gasteiger partial charge < -0.3 is 9.40 Å². The zero-order valence-electron chi connectivity index (χ0n) is 14.1. The van der Waals surface area contributed by atoms with Gasteiger partial charge in [0.05, 0.1) is 12.3 Å². The molecule has 7 nitrogen and oxygen atoms in total. The van der Waals surface area contributed by atoms with Crippen LogP contribution in [0.15, 0.2) is 88.8 Å². The van der Waals surface area contributed by atoms with Gasteiger partial charge in [0.15, 0.2) is 6.20 Å². The topological polar surface area (TPSA) is 66.6 Å². The van der Waals surface area contributed by atoms with Crippen molar-refractivity contribution < 1.29 is 23.0 Å². The molecule has 0 aliphatic rings. The predicted octanol–water partition coefficient (Wildman–Crippen LogP) is 2.22. The normalized spacial score (nSPS) is 11.7. The molecule has 0 saturated carbocycles. The lowest BCUT2D eigenvalue weighted by atomic mass is 10.3. The maximum absolute atomic E-state index is 6.08. The van der Waals surface area contributed by atoms with Crippen molar-refractivity contribution in [3.8, 4) is 5.88 Å². The van der Waals surface area contributed by atoms with Crippen LogP contribution in [0.2, 0.25) is 0 Å². The molecule has 0 aliphatic carbocycles. The van der Waals surface area contributed by atoms with Crippen LogP contribution in [-0.2, 0) is 0 Å². The monoisotopic (exact) mass is 356 g/mol. The van der Waals surface area contributed by atoms with Crippen LogP contribution in [0, 0.1) is 0 Å². The second-order valence-corrected chi connectivity index (χ2v) is 6.36. The van der Waals surface area contributed by atoms with Gasteiger partial charge in [-0.2, -0.15) is 4.52 Å². The molecule has 1 N–H and O–H groups in total. The van der Waals surface area contributed by atoms with Crippen LogP contribution in [0.1, 0.15) is 0 Å². The summed E-state index contributed by atoms with van der Waals surface area (Å²) in [6.45, 7) is 0. The minimum absolute atomic E-state index is 0.722. The third-order valence-corrected chi connectivity index (χ3v) is 4.67. The van der Waals surface area contributed by atoms with Crippen LogP contribution in [0.3, 0.4) is 0 Å². The number of H-pyrrole nitrogens is 1. The van der Waals surface area contributed by atoms with Crippen molar-refractivity contribution in [2.75, 3.05) is 0 Å². The molecule has 0 aromatic carbocycles. The van der Waals surface area contributed by atoms with Gasteiger partial charge in [-0.3, -0.25) is 4.98 Å². The molecular formula is C20H14N5O2+3. The Hall–Kier alpha value is -4.00. The molecule has 0 spiro atoms. The van der Waals surface area contributed by atoms with Crippen LogP contribution in [0.4, 0.5) is 0 Å². The maximum Gasteiger partial charge on any atom is 0.379 e. The van der Waals surface area contributed by atoms with Crippen molar-refractivity contribution in [2.45, 2.75) is 0 Å². The number of aromatic amines is 1. The Labute approximate surface area is 152 Å². The third kappa shape index (κ3) is 2.22. The molecule has 6 aromatic rings. The van der Waals surface area contributed by atoms with Crippen LogP contribution < -0.4 is 14.1 Å². The lowest BCUT2D eigenvalue weighted by Gasteiger charge is -1.90. The Morgan fingerprint density at radius 2 is 1.85 bits per heavy atom. The van der Waals surface area contributed by atoms with E-state index in [1.54, 1.807) is 17.2 Å². The van der Waals surface area contributed by atoms with Crippen molar-refractivity contribution in [1.82, 2.24) is 9.97 Å². The number of hydrogen-bond donors (Lipinski definition) is 1. The summed E-state index contributed by atoms with van der Waals surface area (Å²) >= 11 is 0. The van der Waals surface area contributed by atoms with Gasteiger partial charge in [0.1, 0.15) is 15.6 Å². The van der Waals surface area contributed by atoms with Crippen molar-refractivity contribution in [2.24, 2.45) is 0 Å². The fraction of sp³-hybridized carbons (Fsp3) is 0. The van der Waals surface area contributed by atoms with Crippen LogP contribution >= 0.6 is 0 Å². The number of fused-ring (bicyclic) bond motifs is 3. The van der Waals surface area contributed by atoms with Crippen molar-refractivity contribution >= 4 is 32.8 Å². The Morgan fingerprint density at radius 1 is 0.889 bits per heavy atom. The lowest BCUT2D eigenvalue weighted by Crippen LogP contribution is -2.64. The zero-order valence-corrected chi connectivity index (χ0v) is 14.1. The number of nitrogens with one attached hydrogen (secondary N) is 1. The molecule has 0 amide bonds. The van der Waals surface area contributed by atoms with Crippen LogP contribution in [-0.4, -0.2) is 9.97 Å². The van der Waals surface area contributed by atoms with E-state index in [1.165, 1.54) is 0 Å². The zero-order chi connectivity index (χ0) is 17.8. The average molecular weight is 356 g/mol. The van der Waals surface area contributed by atoms with Crippen LogP contribution in [0.25, 0.3) is 38.7 Å². The Bertz CT molecular complexity index is 1410. The van der Waals surface area contributed by atoms with Gasteiger partial charge in [0.25, 0.3) is 11.0 Å². The number of pyridine rings is 3. The summed E-state index contributed by atoms with van der Waals surface area (Å²) in [7, 11) is 0. The molecule has 0 fully saturated rings. The van der Waals surface area contributed by atoms with Gasteiger partial charge in [-0.05, 0) is 12.1 Å². The molecule has 0 atom stereocenters. The van der Waals surface area contributed by atoms with Crippen LogP contribution in [0.5, 0.6) is 0 Å². The Morgan fingerprint density at radius 3 is 2.81 bits per heavy atom. The van der Waals surface area contributed by atoms with Gasteiger partial charge in [-0.1, -0.05) is 0 Å². The SMILES string of the molecule is c1cc2c[n+](-[n+]3ccc4cc(-[n+]5ccc6cc[nH]c6c5)oc4c3)oc2cn1. The second kappa shape index (κ2) is 5.25. The highest BCUT2D eigenvalue weighted by atomic mass is 16.5. The molecule has 0 unspecified atom stereocenters. The maximum atomic E-state index is 6.08. The first kappa shape index (κ1) is 14.2. The number of rotatable bonds is 2. The van der Waals surface area contributed by atoms with Gasteiger partial charge >= 0.3 is 12.1 Å². The predicted molar refractivity (Wildman–Crippen MR) is 94.8 cm³/mol. The summed E-state index contributed by atoms with van der Waals surface area (Å²) in [5, 5.41) is 3.15. The van der Waals surface area contributed by atoms with E-state index in [0.29, 0.717) is 0 Å². The van der Waals surface area contributed by atoms with E-state index in [4.69, 9.17) is 8.94 Å². The molecule has 6 aromatic heterocycles. The molecule has 0 aliphatic heterocycles. The van der Waals surface area contributed by atoms with Crippen molar-refractivity contribution in [1.29, 1.82) is 0 Å². The van der Waals surface area contributed by atoms with Gasteiger partial charge in [0.2, 0.25) is 23.6 Å². The minimum Gasteiger partial charge on any atom is -0.397 e. The molecule has 0 radical (unpaired) electrons. The fourth-order valence-corrected chi connectivity index (χ4v) is 3.27. The second-order valence-electron chi connectivity index (χ2n) is 6.36. The summed E-state index contributed by atoms with van der Waals surface area (Å²) in [4.78, 5) is 8.95. The van der Waals surface area contributed by atoms with E-state index in [1.807, 2.05) is 70.7 Å². The summed E-state index contributed by atoms with van der Waals surface area (Å²) < 4.78 is 15.7. The smallest absolute Gasteiger partial charge is 0.379 e. The van der Waals surface area contributed by atoms with Crippen molar-refractivity contribution in [3.63, 3.8) is 0 Å². The average Bonchev–Trinajstić information content (AvgIpc) is 3.42. The minimum atomic E-state index is 0.722. The molecule has 0 bridgehead atoms. The van der Waals surface area contributed by atoms with Gasteiger partial charge in [0, 0.05) is 35.3 Å². The van der Waals surface area contributed by atoms with E-state index in [-0.39, 0.29) is 0 Å². The van der Waals surface area contributed by atoms with E-state index in [9.17, 15) is 0 Å². The van der Waals surface area contributed by atoms with E-state index < -0.39 is 0 Å². The first-order chi connectivity index (χ1) is 13.3. The summed E-state index contributed by atoms with van der Waals surface area (Å²) in [5.41, 5.74) is 2.54. The number of furan rings is 1.